The quantitative estimate of drug-likeness (QED) is 0.656. The summed E-state index contributed by atoms with van der Waals surface area (Å²) in [5, 5.41) is 9.77. The number of phenols is 1. The molecule has 4 nitrogen and oxygen atoms in total. The zero-order chi connectivity index (χ0) is 16.1. The third-order valence-electron chi connectivity index (χ3n) is 3.07. The summed E-state index contributed by atoms with van der Waals surface area (Å²) in [4.78, 5) is 11.4. The van der Waals surface area contributed by atoms with Crippen LogP contribution in [-0.2, 0) is 4.74 Å². The van der Waals surface area contributed by atoms with Crippen LogP contribution in [0.15, 0.2) is 40.9 Å². The number of halogens is 1. The van der Waals surface area contributed by atoms with Gasteiger partial charge in [-0.05, 0) is 51.3 Å². The number of benzene rings is 2. The summed E-state index contributed by atoms with van der Waals surface area (Å²) in [6, 6.07) is 10.6. The molecule has 0 aromatic heterocycles. The van der Waals surface area contributed by atoms with Crippen LogP contribution in [0.25, 0.3) is 12.2 Å². The van der Waals surface area contributed by atoms with Crippen molar-refractivity contribution >= 4 is 34.1 Å². The lowest BCUT2D eigenvalue weighted by Crippen LogP contribution is -2.00. The Hall–Kier alpha value is -2.27. The summed E-state index contributed by atoms with van der Waals surface area (Å²) in [5.74, 6) is 0.111. The molecule has 2 aromatic carbocycles. The van der Waals surface area contributed by atoms with Gasteiger partial charge in [-0.25, -0.2) is 4.79 Å². The first kappa shape index (κ1) is 16.1. The van der Waals surface area contributed by atoms with Crippen LogP contribution in [0.5, 0.6) is 11.5 Å². The van der Waals surface area contributed by atoms with Crippen LogP contribution in [-0.4, -0.2) is 25.3 Å². The van der Waals surface area contributed by atoms with Crippen LogP contribution in [0.3, 0.4) is 0 Å². The molecule has 0 atom stereocenters. The number of hydrogen-bond donors (Lipinski definition) is 1. The smallest absolute Gasteiger partial charge is 0.337 e. The van der Waals surface area contributed by atoms with E-state index in [-0.39, 0.29) is 11.7 Å². The summed E-state index contributed by atoms with van der Waals surface area (Å²) < 4.78 is 10.3. The van der Waals surface area contributed by atoms with E-state index in [1.54, 1.807) is 24.3 Å². The molecule has 0 bridgehead atoms. The average Bonchev–Trinajstić information content (AvgIpc) is 2.55. The van der Waals surface area contributed by atoms with Gasteiger partial charge in [0.2, 0.25) is 0 Å². The minimum atomic E-state index is -0.359. The van der Waals surface area contributed by atoms with Gasteiger partial charge >= 0.3 is 5.97 Å². The van der Waals surface area contributed by atoms with Crippen molar-refractivity contribution in [2.24, 2.45) is 0 Å². The minimum absolute atomic E-state index is 0.0714. The molecule has 0 fully saturated rings. The summed E-state index contributed by atoms with van der Waals surface area (Å²) in [5.41, 5.74) is 2.32. The normalized spacial score (nSPS) is 10.7. The van der Waals surface area contributed by atoms with E-state index >= 15 is 0 Å². The zero-order valence-electron chi connectivity index (χ0n) is 12.2. The van der Waals surface area contributed by atoms with Crippen LogP contribution in [0.1, 0.15) is 21.5 Å². The van der Waals surface area contributed by atoms with Crippen molar-refractivity contribution in [3.05, 3.63) is 57.6 Å². The largest absolute Gasteiger partial charge is 0.503 e. The van der Waals surface area contributed by atoms with Gasteiger partial charge in [0.1, 0.15) is 0 Å². The lowest BCUT2D eigenvalue weighted by molar-refractivity contribution is 0.0600. The van der Waals surface area contributed by atoms with Crippen LogP contribution < -0.4 is 4.74 Å². The second-order valence-electron chi connectivity index (χ2n) is 4.50. The minimum Gasteiger partial charge on any atom is -0.503 e. The lowest BCUT2D eigenvalue weighted by atomic mass is 10.1. The molecule has 0 aliphatic carbocycles. The van der Waals surface area contributed by atoms with E-state index in [0.29, 0.717) is 15.8 Å². The van der Waals surface area contributed by atoms with Crippen molar-refractivity contribution in [3.8, 4) is 11.5 Å². The zero-order valence-corrected chi connectivity index (χ0v) is 13.8. The van der Waals surface area contributed by atoms with Crippen LogP contribution >= 0.6 is 15.9 Å². The molecule has 1 N–H and O–H groups in total. The van der Waals surface area contributed by atoms with Crippen molar-refractivity contribution in [1.82, 2.24) is 0 Å². The maximum Gasteiger partial charge on any atom is 0.337 e. The fourth-order valence-corrected chi connectivity index (χ4v) is 2.35. The van der Waals surface area contributed by atoms with E-state index in [0.717, 1.165) is 11.1 Å². The number of hydrogen-bond acceptors (Lipinski definition) is 4. The van der Waals surface area contributed by atoms with E-state index in [1.165, 1.54) is 14.2 Å². The molecule has 0 unspecified atom stereocenters. The SMILES string of the molecule is COC(=O)c1ccc(C=Cc2cc(Br)c(O)c(OC)c2)cc1. The molecule has 22 heavy (non-hydrogen) atoms. The second kappa shape index (κ2) is 7.13. The molecule has 2 aromatic rings. The molecular formula is C17H15BrO4. The highest BCUT2D eigenvalue weighted by Crippen LogP contribution is 2.35. The van der Waals surface area contributed by atoms with E-state index in [9.17, 15) is 9.90 Å². The van der Waals surface area contributed by atoms with Crippen molar-refractivity contribution in [1.29, 1.82) is 0 Å². The fraction of sp³-hybridized carbons (Fsp3) is 0.118. The molecule has 2 rings (SSSR count). The molecule has 5 heteroatoms. The van der Waals surface area contributed by atoms with Crippen LogP contribution in [0.2, 0.25) is 0 Å². The number of esters is 1. The Morgan fingerprint density at radius 2 is 1.73 bits per heavy atom. The Kier molecular flexibility index (Phi) is 5.22. The lowest BCUT2D eigenvalue weighted by Gasteiger charge is -2.06. The Labute approximate surface area is 137 Å². The van der Waals surface area contributed by atoms with Gasteiger partial charge in [0.15, 0.2) is 11.5 Å². The van der Waals surface area contributed by atoms with E-state index in [1.807, 2.05) is 24.3 Å². The van der Waals surface area contributed by atoms with E-state index in [4.69, 9.17) is 4.74 Å². The molecular weight excluding hydrogens is 348 g/mol. The Morgan fingerprint density at radius 1 is 1.09 bits per heavy atom. The average molecular weight is 363 g/mol. The Bertz CT molecular complexity index is 705. The van der Waals surface area contributed by atoms with Gasteiger partial charge in [-0.1, -0.05) is 24.3 Å². The van der Waals surface area contributed by atoms with Gasteiger partial charge in [0.05, 0.1) is 24.3 Å². The molecule has 0 heterocycles. The molecule has 114 valence electrons. The summed E-state index contributed by atoms with van der Waals surface area (Å²) >= 11 is 3.28. The highest BCUT2D eigenvalue weighted by atomic mass is 79.9. The van der Waals surface area contributed by atoms with Crippen molar-refractivity contribution in [2.45, 2.75) is 0 Å². The highest BCUT2D eigenvalue weighted by Gasteiger charge is 2.07. The van der Waals surface area contributed by atoms with Crippen molar-refractivity contribution in [3.63, 3.8) is 0 Å². The fourth-order valence-electron chi connectivity index (χ4n) is 1.89. The second-order valence-corrected chi connectivity index (χ2v) is 5.35. The molecule has 0 aliphatic rings. The third-order valence-corrected chi connectivity index (χ3v) is 3.68. The maximum atomic E-state index is 11.4. The molecule has 0 aliphatic heterocycles. The monoisotopic (exact) mass is 362 g/mol. The van der Waals surface area contributed by atoms with Gasteiger partial charge in [-0.3, -0.25) is 0 Å². The summed E-state index contributed by atoms with van der Waals surface area (Å²) in [6.07, 6.45) is 3.79. The Balaban J connectivity index is 2.21. The first-order valence-electron chi connectivity index (χ1n) is 6.48. The molecule has 0 radical (unpaired) electrons. The van der Waals surface area contributed by atoms with E-state index < -0.39 is 0 Å². The maximum absolute atomic E-state index is 11.4. The predicted molar refractivity (Wildman–Crippen MR) is 89.1 cm³/mol. The topological polar surface area (TPSA) is 55.8 Å². The number of carbonyl (C=O) groups excluding carboxylic acids is 1. The standard InChI is InChI=1S/C17H15BrO4/c1-21-15-10-12(9-14(18)16(15)19)4-3-11-5-7-13(8-6-11)17(20)22-2/h3-10,19H,1-2H3. The molecule has 0 amide bonds. The van der Waals surface area contributed by atoms with Crippen LogP contribution in [0.4, 0.5) is 0 Å². The van der Waals surface area contributed by atoms with Gasteiger partial charge in [-0.2, -0.15) is 0 Å². The number of rotatable bonds is 4. The molecule has 0 saturated heterocycles. The van der Waals surface area contributed by atoms with Gasteiger partial charge < -0.3 is 14.6 Å². The number of ether oxygens (including phenoxy) is 2. The number of aromatic hydroxyl groups is 1. The number of phenolic OH excluding ortho intramolecular Hbond substituents is 1. The van der Waals surface area contributed by atoms with Crippen molar-refractivity contribution < 1.29 is 19.4 Å². The van der Waals surface area contributed by atoms with Gasteiger partial charge in [0, 0.05) is 0 Å². The summed E-state index contributed by atoms with van der Waals surface area (Å²) in [6.45, 7) is 0. The Morgan fingerprint density at radius 3 is 2.32 bits per heavy atom. The predicted octanol–water partition coefficient (Wildman–Crippen LogP) is 4.12. The van der Waals surface area contributed by atoms with Crippen molar-refractivity contribution in [2.75, 3.05) is 14.2 Å². The van der Waals surface area contributed by atoms with Gasteiger partial charge in [-0.15, -0.1) is 0 Å². The first-order valence-corrected chi connectivity index (χ1v) is 7.27. The highest BCUT2D eigenvalue weighted by molar-refractivity contribution is 9.10. The molecule has 0 saturated carbocycles. The van der Waals surface area contributed by atoms with Crippen LogP contribution in [0, 0.1) is 0 Å². The number of methoxy groups -OCH3 is 2. The number of carbonyl (C=O) groups is 1. The summed E-state index contributed by atoms with van der Waals surface area (Å²) in [7, 11) is 2.85. The third kappa shape index (κ3) is 3.68. The van der Waals surface area contributed by atoms with Gasteiger partial charge in [0.25, 0.3) is 0 Å². The van der Waals surface area contributed by atoms with E-state index in [2.05, 4.69) is 20.7 Å². The molecule has 0 spiro atoms. The first-order chi connectivity index (χ1) is 10.5.